The molecule has 90 valence electrons. The minimum Gasteiger partial charge on any atom is -0.262 e. The Kier molecular flexibility index (Phi) is 2.08. The maximum Gasteiger partial charge on any atom is 0.0891 e. The zero-order valence-electron chi connectivity index (χ0n) is 10.1. The molecule has 4 heteroatoms. The summed E-state index contributed by atoms with van der Waals surface area (Å²) < 4.78 is 1.86. The van der Waals surface area contributed by atoms with Gasteiger partial charge < -0.3 is 0 Å². The van der Waals surface area contributed by atoms with Crippen LogP contribution in [0, 0.1) is 0 Å². The van der Waals surface area contributed by atoms with Crippen molar-refractivity contribution in [1.82, 2.24) is 19.6 Å². The van der Waals surface area contributed by atoms with Gasteiger partial charge >= 0.3 is 0 Å². The molecular weight excluding hydrogens is 236 g/mol. The van der Waals surface area contributed by atoms with Crippen LogP contribution in [-0.2, 0) is 0 Å². The summed E-state index contributed by atoms with van der Waals surface area (Å²) in [6.07, 6.45) is 9.17. The summed E-state index contributed by atoms with van der Waals surface area (Å²) >= 11 is 0. The maximum absolute atomic E-state index is 4.34. The lowest BCUT2D eigenvalue weighted by Crippen LogP contribution is -1.89. The molecule has 0 bridgehead atoms. The molecule has 4 aromatic rings. The molecule has 0 N–H and O–H groups in total. The van der Waals surface area contributed by atoms with Gasteiger partial charge in [0.15, 0.2) is 0 Å². The van der Waals surface area contributed by atoms with Crippen molar-refractivity contribution in [3.63, 3.8) is 0 Å². The van der Waals surface area contributed by atoms with Gasteiger partial charge in [0.25, 0.3) is 0 Å². The zero-order valence-corrected chi connectivity index (χ0v) is 10.1. The fourth-order valence-electron chi connectivity index (χ4n) is 2.34. The van der Waals surface area contributed by atoms with Crippen LogP contribution in [0.3, 0.4) is 0 Å². The molecule has 0 aliphatic rings. The van der Waals surface area contributed by atoms with Crippen LogP contribution >= 0.6 is 0 Å². The highest BCUT2D eigenvalue weighted by Gasteiger charge is 2.05. The Bertz CT molecular complexity index is 874. The van der Waals surface area contributed by atoms with Crippen molar-refractivity contribution in [2.24, 2.45) is 0 Å². The van der Waals surface area contributed by atoms with Gasteiger partial charge in [-0.15, -0.1) is 0 Å². The first kappa shape index (κ1) is 10.2. The summed E-state index contributed by atoms with van der Waals surface area (Å²) in [5.74, 6) is 0. The van der Waals surface area contributed by atoms with Crippen molar-refractivity contribution in [2.45, 2.75) is 0 Å². The molecule has 4 aromatic heterocycles. The van der Waals surface area contributed by atoms with Gasteiger partial charge in [-0.25, -0.2) is 4.52 Å². The van der Waals surface area contributed by atoms with E-state index in [2.05, 4.69) is 27.2 Å². The van der Waals surface area contributed by atoms with E-state index >= 15 is 0 Å². The molecule has 0 aliphatic carbocycles. The molecule has 4 rings (SSSR count). The smallest absolute Gasteiger partial charge is 0.0891 e. The Morgan fingerprint density at radius 1 is 0.947 bits per heavy atom. The van der Waals surface area contributed by atoms with E-state index in [9.17, 15) is 0 Å². The third kappa shape index (κ3) is 1.57. The van der Waals surface area contributed by atoms with E-state index in [-0.39, 0.29) is 0 Å². The largest absolute Gasteiger partial charge is 0.262 e. The quantitative estimate of drug-likeness (QED) is 0.518. The van der Waals surface area contributed by atoms with Crippen LogP contribution in [0.25, 0.3) is 27.5 Å². The van der Waals surface area contributed by atoms with E-state index in [0.29, 0.717) is 0 Å². The zero-order chi connectivity index (χ0) is 12.7. The van der Waals surface area contributed by atoms with Gasteiger partial charge in [0.1, 0.15) is 0 Å². The van der Waals surface area contributed by atoms with E-state index in [0.717, 1.165) is 27.5 Å². The normalized spacial score (nSPS) is 11.2. The molecular formula is C15H10N4. The molecule has 4 nitrogen and oxygen atoms in total. The molecule has 0 aliphatic heterocycles. The molecule has 0 saturated heterocycles. The number of aromatic nitrogens is 4. The lowest BCUT2D eigenvalue weighted by molar-refractivity contribution is 0.962. The molecule has 4 heterocycles. The van der Waals surface area contributed by atoms with Gasteiger partial charge in [0.2, 0.25) is 0 Å². The predicted octanol–water partition coefficient (Wildman–Crippen LogP) is 2.94. The van der Waals surface area contributed by atoms with E-state index in [1.54, 1.807) is 18.6 Å². The summed E-state index contributed by atoms with van der Waals surface area (Å²) in [4.78, 5) is 8.45. The first-order valence-corrected chi connectivity index (χ1v) is 6.04. The summed E-state index contributed by atoms with van der Waals surface area (Å²) in [6, 6.07) is 10.2. The average Bonchev–Trinajstić information content (AvgIpc) is 2.94. The van der Waals surface area contributed by atoms with Crippen LogP contribution in [0.5, 0.6) is 0 Å². The number of pyridine rings is 3. The number of hydrogen-bond donors (Lipinski definition) is 0. The van der Waals surface area contributed by atoms with Crippen LogP contribution in [0.4, 0.5) is 0 Å². The van der Waals surface area contributed by atoms with Crippen molar-refractivity contribution >= 4 is 16.4 Å². The molecule has 0 fully saturated rings. The summed E-state index contributed by atoms with van der Waals surface area (Å²) in [7, 11) is 0. The van der Waals surface area contributed by atoms with Crippen LogP contribution in [0.1, 0.15) is 0 Å². The average molecular weight is 246 g/mol. The molecule has 0 unspecified atom stereocenters. The Morgan fingerprint density at radius 3 is 2.95 bits per heavy atom. The van der Waals surface area contributed by atoms with Gasteiger partial charge in [-0.05, 0) is 41.5 Å². The van der Waals surface area contributed by atoms with Crippen molar-refractivity contribution < 1.29 is 0 Å². The van der Waals surface area contributed by atoms with Gasteiger partial charge in [-0.2, -0.15) is 5.10 Å². The minimum absolute atomic E-state index is 0.911. The second-order valence-electron chi connectivity index (χ2n) is 4.37. The van der Waals surface area contributed by atoms with E-state index in [1.165, 1.54) is 0 Å². The van der Waals surface area contributed by atoms with Crippen LogP contribution < -0.4 is 0 Å². The summed E-state index contributed by atoms with van der Waals surface area (Å²) in [6.45, 7) is 0. The number of nitrogens with zero attached hydrogens (tertiary/aromatic N) is 4. The molecule has 0 atom stereocenters. The Morgan fingerprint density at radius 2 is 1.95 bits per heavy atom. The molecule has 0 saturated carbocycles. The highest BCUT2D eigenvalue weighted by Crippen LogP contribution is 2.27. The third-order valence-electron chi connectivity index (χ3n) is 3.26. The van der Waals surface area contributed by atoms with Gasteiger partial charge in [0, 0.05) is 30.2 Å². The van der Waals surface area contributed by atoms with Crippen molar-refractivity contribution in [1.29, 1.82) is 0 Å². The van der Waals surface area contributed by atoms with Gasteiger partial charge in [0.05, 0.1) is 17.2 Å². The highest BCUT2D eigenvalue weighted by molar-refractivity contribution is 5.94. The van der Waals surface area contributed by atoms with Crippen LogP contribution in [-0.4, -0.2) is 19.6 Å². The summed E-state index contributed by atoms with van der Waals surface area (Å²) in [5, 5.41) is 5.32. The van der Waals surface area contributed by atoms with E-state index < -0.39 is 0 Å². The molecule has 0 radical (unpaired) electrons. The molecule has 0 spiro atoms. The third-order valence-corrected chi connectivity index (χ3v) is 3.26. The molecule has 0 aromatic carbocycles. The summed E-state index contributed by atoms with van der Waals surface area (Å²) in [5.41, 5.74) is 4.31. The fraction of sp³-hybridized carbons (Fsp3) is 0. The van der Waals surface area contributed by atoms with Crippen molar-refractivity contribution in [3.8, 4) is 11.1 Å². The molecule has 19 heavy (non-hydrogen) atoms. The second-order valence-corrected chi connectivity index (χ2v) is 4.37. The monoisotopic (exact) mass is 246 g/mol. The van der Waals surface area contributed by atoms with Crippen molar-refractivity contribution in [2.75, 3.05) is 0 Å². The second kappa shape index (κ2) is 3.88. The Hall–Kier alpha value is -2.75. The predicted molar refractivity (Wildman–Crippen MR) is 73.7 cm³/mol. The number of rotatable bonds is 1. The van der Waals surface area contributed by atoms with E-state index in [1.807, 2.05) is 35.1 Å². The first-order valence-electron chi connectivity index (χ1n) is 6.04. The van der Waals surface area contributed by atoms with Crippen LogP contribution in [0.15, 0.2) is 61.3 Å². The van der Waals surface area contributed by atoms with Crippen molar-refractivity contribution in [3.05, 3.63) is 61.3 Å². The lowest BCUT2D eigenvalue weighted by atomic mass is 10.0. The molecule has 0 amide bonds. The van der Waals surface area contributed by atoms with Gasteiger partial charge in [-0.3, -0.25) is 9.97 Å². The highest BCUT2D eigenvalue weighted by atomic mass is 15.2. The SMILES string of the molecule is c1cc2c(-c3ccn4nccc4c3)ccnc2cn1. The standard InChI is InChI=1S/C15H10N4/c1-7-18-19-8-4-11(9-12(1)19)13-3-6-17-15-10-16-5-2-14(13)15/h1-10H. The minimum atomic E-state index is 0.911. The van der Waals surface area contributed by atoms with Crippen LogP contribution in [0.2, 0.25) is 0 Å². The topological polar surface area (TPSA) is 43.1 Å². The number of fused-ring (bicyclic) bond motifs is 2. The fourth-order valence-corrected chi connectivity index (χ4v) is 2.34. The number of hydrogen-bond acceptors (Lipinski definition) is 3. The van der Waals surface area contributed by atoms with Gasteiger partial charge in [-0.1, -0.05) is 0 Å². The lowest BCUT2D eigenvalue weighted by Gasteiger charge is -2.06. The first-order chi connectivity index (χ1) is 9.42. The Labute approximate surface area is 109 Å². The van der Waals surface area contributed by atoms with E-state index in [4.69, 9.17) is 0 Å². The maximum atomic E-state index is 4.34. The Balaban J connectivity index is 2.03.